The van der Waals surface area contributed by atoms with Crippen molar-refractivity contribution in [2.24, 2.45) is 5.73 Å². The molecule has 2 aromatic heterocycles. The minimum atomic E-state index is -1.04. The Labute approximate surface area is 107 Å². The molecule has 0 aromatic carbocycles. The first-order valence-corrected chi connectivity index (χ1v) is 6.15. The monoisotopic (exact) mass is 267 g/mol. The van der Waals surface area contributed by atoms with Crippen LogP contribution in [0.25, 0.3) is 0 Å². The zero-order valence-corrected chi connectivity index (χ0v) is 10.6. The predicted molar refractivity (Wildman–Crippen MR) is 65.3 cm³/mol. The van der Waals surface area contributed by atoms with Crippen molar-refractivity contribution in [2.75, 3.05) is 0 Å². The van der Waals surface area contributed by atoms with E-state index in [1.807, 2.05) is 6.92 Å². The van der Waals surface area contributed by atoms with Gasteiger partial charge in [0, 0.05) is 23.7 Å². The maximum Gasteiger partial charge on any atom is 0.320 e. The molecule has 0 amide bonds. The van der Waals surface area contributed by atoms with Crippen LogP contribution in [-0.2, 0) is 17.8 Å². The van der Waals surface area contributed by atoms with Crippen molar-refractivity contribution in [1.29, 1.82) is 0 Å². The summed E-state index contributed by atoms with van der Waals surface area (Å²) in [6.07, 6.45) is 3.68. The summed E-state index contributed by atoms with van der Waals surface area (Å²) in [5.41, 5.74) is 6.00. The van der Waals surface area contributed by atoms with Crippen molar-refractivity contribution >= 4 is 17.3 Å². The molecule has 7 nitrogen and oxygen atoms in total. The molecule has 2 heterocycles. The number of thiazole rings is 1. The summed E-state index contributed by atoms with van der Waals surface area (Å²) in [7, 11) is 0. The number of aliphatic carboxylic acids is 1. The van der Waals surface area contributed by atoms with Crippen LogP contribution in [0.2, 0.25) is 0 Å². The van der Waals surface area contributed by atoms with E-state index in [9.17, 15) is 4.79 Å². The van der Waals surface area contributed by atoms with Crippen LogP contribution in [0.3, 0.4) is 0 Å². The highest BCUT2D eigenvalue weighted by molar-refractivity contribution is 7.11. The summed E-state index contributed by atoms with van der Waals surface area (Å²) in [6, 6.07) is -0.944. The molecule has 0 spiro atoms. The van der Waals surface area contributed by atoms with Gasteiger partial charge in [-0.1, -0.05) is 5.21 Å². The second kappa shape index (κ2) is 5.23. The Morgan fingerprint density at radius 2 is 2.44 bits per heavy atom. The van der Waals surface area contributed by atoms with E-state index in [0.29, 0.717) is 12.2 Å². The van der Waals surface area contributed by atoms with Crippen LogP contribution in [0, 0.1) is 6.92 Å². The molecule has 0 aliphatic rings. The van der Waals surface area contributed by atoms with E-state index >= 15 is 0 Å². The number of carbonyl (C=O) groups is 1. The Hall–Kier alpha value is -1.80. The van der Waals surface area contributed by atoms with Gasteiger partial charge in [-0.05, 0) is 6.92 Å². The molecule has 18 heavy (non-hydrogen) atoms. The second-order valence-electron chi connectivity index (χ2n) is 3.90. The van der Waals surface area contributed by atoms with Crippen LogP contribution < -0.4 is 5.73 Å². The molecule has 2 aromatic rings. The van der Waals surface area contributed by atoms with Gasteiger partial charge in [-0.3, -0.25) is 4.79 Å². The first-order chi connectivity index (χ1) is 8.54. The molecule has 8 heteroatoms. The summed E-state index contributed by atoms with van der Waals surface area (Å²) >= 11 is 1.59. The van der Waals surface area contributed by atoms with Crippen LogP contribution in [0.1, 0.15) is 15.6 Å². The second-order valence-corrected chi connectivity index (χ2v) is 5.22. The first-order valence-electron chi connectivity index (χ1n) is 5.33. The molecule has 0 saturated heterocycles. The number of rotatable bonds is 5. The number of carboxylic acid groups (broad SMARTS) is 1. The van der Waals surface area contributed by atoms with E-state index in [2.05, 4.69) is 15.3 Å². The largest absolute Gasteiger partial charge is 0.480 e. The van der Waals surface area contributed by atoms with E-state index in [1.165, 1.54) is 0 Å². The SMILES string of the molecule is Cc1ncc(Cn2cc(CC(N)C(=O)O)nn2)s1. The standard InChI is InChI=1S/C10H13N5O2S/c1-6-12-3-8(18-6)5-15-4-7(13-14-15)2-9(11)10(16)17/h3-4,9H,2,5,11H2,1H3,(H,16,17). The Morgan fingerprint density at radius 1 is 1.67 bits per heavy atom. The van der Waals surface area contributed by atoms with Crippen LogP contribution in [0.15, 0.2) is 12.4 Å². The van der Waals surface area contributed by atoms with Crippen molar-refractivity contribution in [3.05, 3.63) is 28.0 Å². The van der Waals surface area contributed by atoms with Gasteiger partial charge in [0.25, 0.3) is 0 Å². The minimum Gasteiger partial charge on any atom is -0.480 e. The van der Waals surface area contributed by atoms with Gasteiger partial charge in [-0.2, -0.15) is 0 Å². The van der Waals surface area contributed by atoms with Gasteiger partial charge in [0.2, 0.25) is 0 Å². The van der Waals surface area contributed by atoms with Gasteiger partial charge in [-0.15, -0.1) is 16.4 Å². The molecule has 3 N–H and O–H groups in total. The van der Waals surface area contributed by atoms with Crippen LogP contribution in [0.4, 0.5) is 0 Å². The number of aromatic nitrogens is 4. The summed E-state index contributed by atoms with van der Waals surface area (Å²) < 4.78 is 1.65. The van der Waals surface area contributed by atoms with Crippen LogP contribution >= 0.6 is 11.3 Å². The summed E-state index contributed by atoms with van der Waals surface area (Å²) in [6.45, 7) is 2.52. The Bertz CT molecular complexity index is 550. The third kappa shape index (κ3) is 3.11. The molecular formula is C10H13N5O2S. The normalized spacial score (nSPS) is 12.6. The smallest absolute Gasteiger partial charge is 0.320 e. The van der Waals surface area contributed by atoms with Crippen molar-refractivity contribution in [1.82, 2.24) is 20.0 Å². The van der Waals surface area contributed by atoms with Crippen molar-refractivity contribution < 1.29 is 9.90 Å². The molecule has 0 aliphatic heterocycles. The highest BCUT2D eigenvalue weighted by Crippen LogP contribution is 2.12. The number of hydrogen-bond acceptors (Lipinski definition) is 6. The highest BCUT2D eigenvalue weighted by atomic mass is 32.1. The lowest BCUT2D eigenvalue weighted by Gasteiger charge is -2.01. The lowest BCUT2D eigenvalue weighted by molar-refractivity contribution is -0.138. The molecular weight excluding hydrogens is 254 g/mol. The molecule has 0 bridgehead atoms. The molecule has 0 aliphatic carbocycles. The predicted octanol–water partition coefficient (Wildman–Crippen LogP) is 0.0457. The molecule has 96 valence electrons. The molecule has 1 atom stereocenters. The first kappa shape index (κ1) is 12.7. The van der Waals surface area contributed by atoms with Gasteiger partial charge < -0.3 is 10.8 Å². The lowest BCUT2D eigenvalue weighted by Crippen LogP contribution is -2.32. The fourth-order valence-electron chi connectivity index (χ4n) is 1.46. The summed E-state index contributed by atoms with van der Waals surface area (Å²) in [4.78, 5) is 15.8. The van der Waals surface area contributed by atoms with Gasteiger partial charge in [0.15, 0.2) is 0 Å². The van der Waals surface area contributed by atoms with E-state index in [0.717, 1.165) is 9.88 Å². The van der Waals surface area contributed by atoms with Crippen LogP contribution in [-0.4, -0.2) is 37.1 Å². The number of nitrogens with zero attached hydrogens (tertiary/aromatic N) is 4. The number of aryl methyl sites for hydroxylation is 1. The molecule has 0 saturated carbocycles. The maximum absolute atomic E-state index is 10.6. The fraction of sp³-hybridized carbons (Fsp3) is 0.400. The van der Waals surface area contributed by atoms with Gasteiger partial charge in [-0.25, -0.2) is 9.67 Å². The van der Waals surface area contributed by atoms with Gasteiger partial charge >= 0.3 is 5.97 Å². The van der Waals surface area contributed by atoms with Gasteiger partial charge in [0.05, 0.1) is 17.2 Å². The Morgan fingerprint density at radius 3 is 3.06 bits per heavy atom. The molecule has 2 rings (SSSR count). The quantitative estimate of drug-likeness (QED) is 0.792. The molecule has 0 fully saturated rings. The van der Waals surface area contributed by atoms with Crippen molar-refractivity contribution in [3.63, 3.8) is 0 Å². The Balaban J connectivity index is 2.00. The average Bonchev–Trinajstić information content (AvgIpc) is 2.89. The van der Waals surface area contributed by atoms with Crippen LogP contribution in [0.5, 0.6) is 0 Å². The number of hydrogen-bond donors (Lipinski definition) is 2. The molecule has 1 unspecified atom stereocenters. The highest BCUT2D eigenvalue weighted by Gasteiger charge is 2.14. The topological polar surface area (TPSA) is 107 Å². The number of carboxylic acids is 1. The fourth-order valence-corrected chi connectivity index (χ4v) is 2.25. The summed E-state index contributed by atoms with van der Waals surface area (Å²) in [5, 5.41) is 17.5. The van der Waals surface area contributed by atoms with Crippen molar-refractivity contribution in [2.45, 2.75) is 25.9 Å². The van der Waals surface area contributed by atoms with Gasteiger partial charge in [0.1, 0.15) is 6.04 Å². The van der Waals surface area contributed by atoms with E-state index in [1.54, 1.807) is 28.4 Å². The maximum atomic E-state index is 10.6. The van der Waals surface area contributed by atoms with Crippen molar-refractivity contribution in [3.8, 4) is 0 Å². The molecule has 0 radical (unpaired) electrons. The zero-order valence-electron chi connectivity index (χ0n) is 9.78. The number of nitrogens with two attached hydrogens (primary N) is 1. The summed E-state index contributed by atoms with van der Waals surface area (Å²) in [5.74, 6) is -1.04. The van der Waals surface area contributed by atoms with E-state index < -0.39 is 12.0 Å². The lowest BCUT2D eigenvalue weighted by atomic mass is 10.2. The third-order valence-electron chi connectivity index (χ3n) is 2.32. The van der Waals surface area contributed by atoms with E-state index in [-0.39, 0.29) is 6.42 Å². The minimum absolute atomic E-state index is 0.178. The Kier molecular flexibility index (Phi) is 3.68. The average molecular weight is 267 g/mol. The van der Waals surface area contributed by atoms with E-state index in [4.69, 9.17) is 10.8 Å². The third-order valence-corrected chi connectivity index (χ3v) is 3.22. The zero-order chi connectivity index (χ0) is 13.1.